The lowest BCUT2D eigenvalue weighted by atomic mass is 10.0. The number of hydrogen-bond donors (Lipinski definition) is 3. The largest absolute Gasteiger partial charge is 0.350 e. The molecule has 1 heterocycles. The van der Waals surface area contributed by atoms with Gasteiger partial charge in [-0.3, -0.25) is 19.2 Å². The second kappa shape index (κ2) is 9.64. The number of hydrogen-bond acceptors (Lipinski definition) is 5. The quantitative estimate of drug-likeness (QED) is 0.468. The minimum Gasteiger partial charge on any atom is -0.350 e. The summed E-state index contributed by atoms with van der Waals surface area (Å²) in [5.74, 6) is -1.34. The maximum absolute atomic E-state index is 13.5. The molecule has 176 valence electrons. The number of benzene rings is 3. The van der Waals surface area contributed by atoms with Crippen LogP contribution < -0.4 is 20.9 Å². The summed E-state index contributed by atoms with van der Waals surface area (Å²) >= 11 is 0. The molecule has 1 aliphatic rings. The Bertz CT molecular complexity index is 1340. The van der Waals surface area contributed by atoms with E-state index in [0.717, 1.165) is 10.5 Å². The van der Waals surface area contributed by atoms with Crippen LogP contribution in [0.1, 0.15) is 25.0 Å². The van der Waals surface area contributed by atoms with E-state index in [1.807, 2.05) is 19.1 Å². The second-order valence-electron chi connectivity index (χ2n) is 8.17. The minimum absolute atomic E-state index is 0.134. The molecule has 0 radical (unpaired) electrons. The fourth-order valence-electron chi connectivity index (χ4n) is 3.75. The molecule has 4 rings (SSSR count). The van der Waals surface area contributed by atoms with E-state index in [2.05, 4.69) is 16.0 Å². The van der Waals surface area contributed by atoms with Gasteiger partial charge in [-0.05, 0) is 61.0 Å². The van der Waals surface area contributed by atoms with E-state index in [0.29, 0.717) is 28.3 Å². The summed E-state index contributed by atoms with van der Waals surface area (Å²) in [7, 11) is 0. The van der Waals surface area contributed by atoms with Gasteiger partial charge < -0.3 is 16.0 Å². The number of aryl methyl sites for hydroxylation is 1. The number of amides is 4. The Morgan fingerprint density at radius 1 is 0.657 bits per heavy atom. The Morgan fingerprint density at radius 2 is 1.14 bits per heavy atom. The fourth-order valence-corrected chi connectivity index (χ4v) is 3.75. The highest BCUT2D eigenvalue weighted by Gasteiger charge is 2.40. The first-order valence-electron chi connectivity index (χ1n) is 11.0. The van der Waals surface area contributed by atoms with Crippen LogP contribution in [0.25, 0.3) is 5.57 Å². The van der Waals surface area contributed by atoms with Crippen molar-refractivity contribution in [3.63, 3.8) is 0 Å². The van der Waals surface area contributed by atoms with E-state index < -0.39 is 11.8 Å². The standard InChI is InChI=1S/C27H24N4O4/c1-16-4-14-23(15-5-16)31-26(34)24(19-6-8-20(9-7-19)28-17(2)32)25(27(31)35)30-22-12-10-21(11-13-22)29-18(3)33/h4-15,30H,1-3H3,(H,28,32)(H,29,33). The van der Waals surface area contributed by atoms with Crippen LogP contribution in [0, 0.1) is 6.92 Å². The molecule has 8 heteroatoms. The molecule has 0 aromatic heterocycles. The van der Waals surface area contributed by atoms with E-state index in [1.165, 1.54) is 13.8 Å². The first kappa shape index (κ1) is 23.4. The van der Waals surface area contributed by atoms with E-state index in [9.17, 15) is 19.2 Å². The van der Waals surface area contributed by atoms with Crippen molar-refractivity contribution in [3.05, 3.63) is 89.6 Å². The topological polar surface area (TPSA) is 108 Å². The molecule has 3 aromatic carbocycles. The lowest BCUT2D eigenvalue weighted by molar-refractivity contribution is -0.120. The second-order valence-corrected chi connectivity index (χ2v) is 8.17. The lowest BCUT2D eigenvalue weighted by Crippen LogP contribution is -2.32. The van der Waals surface area contributed by atoms with Gasteiger partial charge in [-0.25, -0.2) is 4.90 Å². The van der Waals surface area contributed by atoms with Gasteiger partial charge in [0.05, 0.1) is 11.3 Å². The van der Waals surface area contributed by atoms with Crippen molar-refractivity contribution in [3.8, 4) is 0 Å². The van der Waals surface area contributed by atoms with Crippen molar-refractivity contribution >= 4 is 52.0 Å². The number of nitrogens with zero attached hydrogens (tertiary/aromatic N) is 1. The van der Waals surface area contributed by atoms with Crippen molar-refractivity contribution in [2.24, 2.45) is 0 Å². The summed E-state index contributed by atoms with van der Waals surface area (Å²) in [4.78, 5) is 50.8. The first-order valence-corrected chi connectivity index (χ1v) is 11.0. The molecule has 1 aliphatic heterocycles. The molecule has 35 heavy (non-hydrogen) atoms. The smallest absolute Gasteiger partial charge is 0.282 e. The van der Waals surface area contributed by atoms with Crippen molar-refractivity contribution < 1.29 is 19.2 Å². The first-order chi connectivity index (χ1) is 16.7. The summed E-state index contributed by atoms with van der Waals surface area (Å²) < 4.78 is 0. The van der Waals surface area contributed by atoms with Crippen LogP contribution in [0.2, 0.25) is 0 Å². The van der Waals surface area contributed by atoms with Crippen LogP contribution in [0.5, 0.6) is 0 Å². The van der Waals surface area contributed by atoms with Gasteiger partial charge in [0.1, 0.15) is 5.70 Å². The number of rotatable bonds is 6. The zero-order valence-electron chi connectivity index (χ0n) is 19.5. The Labute approximate surface area is 202 Å². The highest BCUT2D eigenvalue weighted by molar-refractivity contribution is 6.46. The van der Waals surface area contributed by atoms with Gasteiger partial charge in [-0.1, -0.05) is 29.8 Å². The van der Waals surface area contributed by atoms with E-state index in [4.69, 9.17) is 0 Å². The van der Waals surface area contributed by atoms with Gasteiger partial charge in [-0.2, -0.15) is 0 Å². The third kappa shape index (κ3) is 5.11. The van der Waals surface area contributed by atoms with Gasteiger partial charge in [0.25, 0.3) is 11.8 Å². The van der Waals surface area contributed by atoms with Crippen LogP contribution in [-0.4, -0.2) is 23.6 Å². The monoisotopic (exact) mass is 468 g/mol. The molecule has 0 atom stereocenters. The van der Waals surface area contributed by atoms with Crippen LogP contribution >= 0.6 is 0 Å². The number of anilines is 4. The summed E-state index contributed by atoms with van der Waals surface area (Å²) in [6.07, 6.45) is 0. The Balaban J connectivity index is 1.73. The summed E-state index contributed by atoms with van der Waals surface area (Å²) in [6, 6.07) is 20.7. The molecule has 0 bridgehead atoms. The molecule has 0 unspecified atom stereocenters. The zero-order valence-corrected chi connectivity index (χ0v) is 19.5. The maximum atomic E-state index is 13.5. The van der Waals surface area contributed by atoms with Crippen LogP contribution in [0.3, 0.4) is 0 Å². The van der Waals surface area contributed by atoms with Crippen molar-refractivity contribution in [1.82, 2.24) is 0 Å². The molecule has 0 fully saturated rings. The highest BCUT2D eigenvalue weighted by atomic mass is 16.2. The molecule has 3 N–H and O–H groups in total. The fraction of sp³-hybridized carbons (Fsp3) is 0.111. The number of imide groups is 1. The van der Waals surface area contributed by atoms with Gasteiger partial charge in [-0.15, -0.1) is 0 Å². The maximum Gasteiger partial charge on any atom is 0.282 e. The Kier molecular flexibility index (Phi) is 6.46. The van der Waals surface area contributed by atoms with Gasteiger partial charge in [0, 0.05) is 30.9 Å². The molecule has 0 saturated heterocycles. The minimum atomic E-state index is -0.481. The van der Waals surface area contributed by atoms with Gasteiger partial charge in [0.15, 0.2) is 0 Å². The van der Waals surface area contributed by atoms with Crippen LogP contribution in [0.15, 0.2) is 78.5 Å². The van der Waals surface area contributed by atoms with Gasteiger partial charge >= 0.3 is 0 Å². The van der Waals surface area contributed by atoms with Crippen molar-refractivity contribution in [2.45, 2.75) is 20.8 Å². The molecule has 8 nitrogen and oxygen atoms in total. The normalized spacial score (nSPS) is 13.2. The molecular formula is C27H24N4O4. The predicted molar refractivity (Wildman–Crippen MR) is 136 cm³/mol. The van der Waals surface area contributed by atoms with Gasteiger partial charge in [0.2, 0.25) is 11.8 Å². The van der Waals surface area contributed by atoms with Crippen molar-refractivity contribution in [2.75, 3.05) is 20.9 Å². The molecule has 4 amide bonds. The highest BCUT2D eigenvalue weighted by Crippen LogP contribution is 2.34. The van der Waals surface area contributed by atoms with Crippen LogP contribution in [0.4, 0.5) is 22.7 Å². The summed E-state index contributed by atoms with van der Waals surface area (Å²) in [5, 5.41) is 8.47. The molecular weight excluding hydrogens is 444 g/mol. The number of carbonyl (C=O) groups is 4. The molecule has 0 saturated carbocycles. The average molecular weight is 469 g/mol. The molecule has 3 aromatic rings. The number of carbonyl (C=O) groups excluding carboxylic acids is 4. The van der Waals surface area contributed by atoms with Crippen LogP contribution in [-0.2, 0) is 19.2 Å². The summed E-state index contributed by atoms with van der Waals surface area (Å²) in [6.45, 7) is 4.76. The predicted octanol–water partition coefficient (Wildman–Crippen LogP) is 4.31. The Morgan fingerprint density at radius 3 is 1.66 bits per heavy atom. The summed E-state index contributed by atoms with van der Waals surface area (Å²) in [5.41, 5.74) is 4.13. The van der Waals surface area contributed by atoms with E-state index in [1.54, 1.807) is 60.7 Å². The number of nitrogens with one attached hydrogen (secondary N) is 3. The van der Waals surface area contributed by atoms with Crippen molar-refractivity contribution in [1.29, 1.82) is 0 Å². The SMILES string of the molecule is CC(=O)Nc1ccc(NC2=C(c3ccc(NC(C)=O)cc3)C(=O)N(c3ccc(C)cc3)C2=O)cc1. The average Bonchev–Trinajstić information content (AvgIpc) is 3.05. The molecule has 0 aliphatic carbocycles. The molecule has 0 spiro atoms. The lowest BCUT2D eigenvalue weighted by Gasteiger charge is -2.15. The Hall–Kier alpha value is -4.72. The third-order valence-electron chi connectivity index (χ3n) is 5.34. The van der Waals surface area contributed by atoms with E-state index in [-0.39, 0.29) is 23.1 Å². The van der Waals surface area contributed by atoms with E-state index >= 15 is 0 Å². The third-order valence-corrected chi connectivity index (χ3v) is 5.34. The zero-order chi connectivity index (χ0) is 25.1.